The molecule has 0 bridgehead atoms. The largest absolute Gasteiger partial charge is 0.490 e. The predicted octanol–water partition coefficient (Wildman–Crippen LogP) is 3.74. The Kier molecular flexibility index (Phi) is 9.72. The van der Waals surface area contributed by atoms with E-state index in [1.165, 1.54) is 0 Å². The zero-order valence-corrected chi connectivity index (χ0v) is 30.4. The van der Waals surface area contributed by atoms with E-state index >= 15 is 0 Å². The SMILES string of the molecule is N#Cc1ccc(O[C@H]2CC[C@H](NC(=O)c3ccc(N4CCN(C5CN(c6ccc7c(c6)C(=O)N(C6CCC(=O)NC6=O)C7=O)C5)CC4)cc3)CC2)cc1Cl. The number of nitrogens with zero attached hydrogens (tertiary/aromatic N) is 5. The number of rotatable bonds is 8. The lowest BCUT2D eigenvalue weighted by molar-refractivity contribution is -0.136. The van der Waals surface area contributed by atoms with Gasteiger partial charge in [0, 0.05) is 80.8 Å². The quantitative estimate of drug-likeness (QED) is 0.326. The van der Waals surface area contributed by atoms with Crippen LogP contribution in [0.3, 0.4) is 0 Å². The van der Waals surface area contributed by atoms with Gasteiger partial charge in [-0.3, -0.25) is 39.1 Å². The summed E-state index contributed by atoms with van der Waals surface area (Å²) >= 11 is 6.14. The van der Waals surface area contributed by atoms with Crippen molar-refractivity contribution in [3.05, 3.63) is 87.9 Å². The molecule has 3 aromatic carbocycles. The van der Waals surface area contributed by atoms with Crippen molar-refractivity contribution < 1.29 is 28.7 Å². The summed E-state index contributed by atoms with van der Waals surface area (Å²) in [4.78, 5) is 71.4. The second-order valence-electron chi connectivity index (χ2n) is 14.6. The molecule has 0 radical (unpaired) electrons. The zero-order valence-electron chi connectivity index (χ0n) is 29.6. The molecule has 0 aromatic heterocycles. The number of piperidine rings is 1. The number of carbonyl (C=O) groups is 5. The average molecular weight is 750 g/mol. The van der Waals surface area contributed by atoms with E-state index in [-0.39, 0.29) is 36.5 Å². The van der Waals surface area contributed by atoms with Gasteiger partial charge in [0.05, 0.1) is 27.8 Å². The molecule has 1 unspecified atom stereocenters. The first-order chi connectivity index (χ1) is 26.1. The maximum atomic E-state index is 13.3. The fourth-order valence-electron chi connectivity index (χ4n) is 8.17. The van der Waals surface area contributed by atoms with Crippen molar-refractivity contribution in [2.45, 2.75) is 62.8 Å². The number of amides is 5. The maximum Gasteiger partial charge on any atom is 0.262 e. The van der Waals surface area contributed by atoms with Gasteiger partial charge >= 0.3 is 0 Å². The topological polar surface area (TPSA) is 155 Å². The summed E-state index contributed by atoms with van der Waals surface area (Å²) in [5.74, 6) is -1.43. The second-order valence-corrected chi connectivity index (χ2v) is 15.0. The molecule has 1 aliphatic carbocycles. The summed E-state index contributed by atoms with van der Waals surface area (Å²) in [5, 5.41) is 14.9. The van der Waals surface area contributed by atoms with Crippen molar-refractivity contribution in [1.29, 1.82) is 5.26 Å². The Balaban J connectivity index is 0.775. The van der Waals surface area contributed by atoms with Crippen LogP contribution in [0.4, 0.5) is 11.4 Å². The van der Waals surface area contributed by atoms with Gasteiger partial charge in [0.15, 0.2) is 0 Å². The van der Waals surface area contributed by atoms with Crippen LogP contribution in [0.25, 0.3) is 0 Å². The van der Waals surface area contributed by atoms with Crippen LogP contribution >= 0.6 is 11.6 Å². The fourth-order valence-corrected chi connectivity index (χ4v) is 8.38. The third kappa shape index (κ3) is 6.99. The number of hydrogen-bond donors (Lipinski definition) is 2. The van der Waals surface area contributed by atoms with E-state index in [0.29, 0.717) is 33.5 Å². The lowest BCUT2D eigenvalue weighted by Gasteiger charge is -2.49. The first kappa shape index (κ1) is 35.6. The monoisotopic (exact) mass is 749 g/mol. The van der Waals surface area contributed by atoms with Crippen LogP contribution in [0.15, 0.2) is 60.7 Å². The van der Waals surface area contributed by atoms with Gasteiger partial charge in [-0.1, -0.05) is 11.6 Å². The number of nitriles is 1. The van der Waals surface area contributed by atoms with Crippen molar-refractivity contribution in [3.8, 4) is 11.8 Å². The van der Waals surface area contributed by atoms with E-state index in [0.717, 1.165) is 81.2 Å². The summed E-state index contributed by atoms with van der Waals surface area (Å²) in [6, 6.07) is 19.7. The normalized spacial score (nSPS) is 23.4. The highest BCUT2D eigenvalue weighted by atomic mass is 35.5. The van der Waals surface area contributed by atoms with Gasteiger partial charge in [-0.05, 0) is 86.7 Å². The molecule has 5 amide bonds. The van der Waals surface area contributed by atoms with Gasteiger partial charge in [-0.15, -0.1) is 0 Å². The molecule has 54 heavy (non-hydrogen) atoms. The van der Waals surface area contributed by atoms with Gasteiger partial charge in [-0.2, -0.15) is 5.26 Å². The van der Waals surface area contributed by atoms with Crippen molar-refractivity contribution in [3.63, 3.8) is 0 Å². The molecular formula is C40H40ClN7O6. The predicted molar refractivity (Wildman–Crippen MR) is 200 cm³/mol. The molecule has 14 heteroatoms. The first-order valence-electron chi connectivity index (χ1n) is 18.5. The smallest absolute Gasteiger partial charge is 0.262 e. The highest BCUT2D eigenvalue weighted by Crippen LogP contribution is 2.33. The first-order valence-corrected chi connectivity index (χ1v) is 18.9. The van der Waals surface area contributed by atoms with E-state index in [9.17, 15) is 24.0 Å². The van der Waals surface area contributed by atoms with Crippen LogP contribution in [0.2, 0.25) is 5.02 Å². The number of fused-ring (bicyclic) bond motifs is 1. The number of anilines is 2. The van der Waals surface area contributed by atoms with E-state index in [2.05, 4.69) is 31.4 Å². The van der Waals surface area contributed by atoms with E-state index in [4.69, 9.17) is 21.6 Å². The highest BCUT2D eigenvalue weighted by Gasteiger charge is 2.45. The Bertz CT molecular complexity index is 2050. The minimum absolute atomic E-state index is 0.0384. The van der Waals surface area contributed by atoms with Gasteiger partial charge in [0.2, 0.25) is 11.8 Å². The molecular weight excluding hydrogens is 710 g/mol. The zero-order chi connectivity index (χ0) is 37.5. The molecule has 4 aliphatic heterocycles. The van der Waals surface area contributed by atoms with Crippen molar-refractivity contribution in [2.75, 3.05) is 49.1 Å². The Hall–Kier alpha value is -5.45. The molecule has 5 aliphatic rings. The molecule has 278 valence electrons. The number of imide groups is 2. The summed E-state index contributed by atoms with van der Waals surface area (Å²) < 4.78 is 6.09. The number of carbonyl (C=O) groups excluding carboxylic acids is 5. The molecule has 13 nitrogen and oxygen atoms in total. The molecule has 4 fully saturated rings. The van der Waals surface area contributed by atoms with E-state index in [1.54, 1.807) is 30.3 Å². The number of hydrogen-bond acceptors (Lipinski definition) is 10. The third-order valence-electron chi connectivity index (χ3n) is 11.3. The van der Waals surface area contributed by atoms with Gasteiger partial charge < -0.3 is 19.9 Å². The molecule has 1 saturated carbocycles. The standard InChI is InChI=1S/C40H40ClN7O6/c41-34-20-31(9-3-25(34)21-42)54-30-10-4-26(5-11-30)43-37(50)24-1-6-27(7-2-24)45-15-17-46(18-16-45)29-22-47(23-29)28-8-12-32-33(19-28)40(53)48(39(32)52)35-13-14-36(49)44-38(35)51/h1-3,6-9,12,19-20,26,29-30,35H,4-5,10-11,13-18,22-23H2,(H,43,50)(H,44,49,51)/t26-,30-,35?. The number of ether oxygens (including phenoxy) is 1. The number of halogens is 1. The summed E-state index contributed by atoms with van der Waals surface area (Å²) in [5.41, 5.74) is 3.59. The van der Waals surface area contributed by atoms with Gasteiger partial charge in [0.25, 0.3) is 17.7 Å². The Labute approximate surface area is 317 Å². The maximum absolute atomic E-state index is 13.3. The van der Waals surface area contributed by atoms with Crippen molar-refractivity contribution in [2.24, 2.45) is 0 Å². The molecule has 3 saturated heterocycles. The summed E-state index contributed by atoms with van der Waals surface area (Å²) in [7, 11) is 0. The summed E-state index contributed by atoms with van der Waals surface area (Å²) in [6.45, 7) is 5.17. The van der Waals surface area contributed by atoms with Crippen LogP contribution in [0, 0.1) is 11.3 Å². The van der Waals surface area contributed by atoms with E-state index in [1.807, 2.05) is 30.3 Å². The van der Waals surface area contributed by atoms with Crippen molar-refractivity contribution in [1.82, 2.24) is 20.4 Å². The molecule has 8 rings (SSSR count). The number of nitrogens with one attached hydrogen (secondary N) is 2. The lowest BCUT2D eigenvalue weighted by Crippen LogP contribution is -2.63. The molecule has 3 aromatic rings. The van der Waals surface area contributed by atoms with Crippen LogP contribution in [-0.2, 0) is 9.59 Å². The van der Waals surface area contributed by atoms with Crippen LogP contribution in [0.5, 0.6) is 5.75 Å². The minimum Gasteiger partial charge on any atom is -0.490 e. The van der Waals surface area contributed by atoms with Gasteiger partial charge in [-0.25, -0.2) is 0 Å². The molecule has 4 heterocycles. The van der Waals surface area contributed by atoms with E-state index < -0.39 is 29.7 Å². The minimum atomic E-state index is -0.977. The second kappa shape index (κ2) is 14.8. The van der Waals surface area contributed by atoms with Crippen molar-refractivity contribution >= 4 is 52.5 Å². The Morgan fingerprint density at radius 1 is 0.815 bits per heavy atom. The Morgan fingerprint density at radius 2 is 1.52 bits per heavy atom. The molecule has 0 spiro atoms. The molecule has 1 atom stereocenters. The average Bonchev–Trinajstić information content (AvgIpc) is 3.40. The lowest BCUT2D eigenvalue weighted by atomic mass is 9.92. The highest BCUT2D eigenvalue weighted by molar-refractivity contribution is 6.31. The number of benzene rings is 3. The fraction of sp³-hybridized carbons (Fsp3) is 0.400. The molecule has 2 N–H and O–H groups in total. The van der Waals surface area contributed by atoms with Crippen LogP contribution in [0.1, 0.15) is 75.2 Å². The number of piperazine rings is 1. The summed E-state index contributed by atoms with van der Waals surface area (Å²) in [6.07, 6.45) is 3.53. The third-order valence-corrected chi connectivity index (χ3v) is 11.7. The van der Waals surface area contributed by atoms with Crippen LogP contribution < -0.4 is 25.2 Å². The van der Waals surface area contributed by atoms with Crippen LogP contribution in [-0.4, -0.2) is 103 Å². The van der Waals surface area contributed by atoms with Gasteiger partial charge in [0.1, 0.15) is 17.9 Å². The Morgan fingerprint density at radius 3 is 2.20 bits per heavy atom.